The normalized spacial score (nSPS) is 13.1. The lowest BCUT2D eigenvalue weighted by atomic mass is 10.2. The molecule has 134 valence electrons. The number of carbonyl (C=O) groups is 1. The lowest BCUT2D eigenvalue weighted by molar-refractivity contribution is -0.116. The Morgan fingerprint density at radius 2 is 2.19 bits per heavy atom. The van der Waals surface area contributed by atoms with Gasteiger partial charge in [-0.15, -0.1) is 0 Å². The number of fused-ring (bicyclic) bond motifs is 2. The number of aryl methyl sites for hydroxylation is 2. The molecule has 0 bridgehead atoms. The molecule has 1 amide bonds. The number of hydrogen-bond donors (Lipinski definition) is 2. The second kappa shape index (κ2) is 6.95. The van der Waals surface area contributed by atoms with Crippen LogP contribution in [0.1, 0.15) is 29.9 Å². The van der Waals surface area contributed by atoms with Crippen LogP contribution in [0.3, 0.4) is 0 Å². The Hall–Kier alpha value is -2.61. The van der Waals surface area contributed by atoms with E-state index in [4.69, 9.17) is 0 Å². The minimum Gasteiger partial charge on any atom is -0.311 e. The van der Waals surface area contributed by atoms with Crippen LogP contribution in [0.5, 0.6) is 0 Å². The molecule has 0 saturated carbocycles. The van der Waals surface area contributed by atoms with Crippen molar-refractivity contribution in [2.45, 2.75) is 30.8 Å². The predicted molar refractivity (Wildman–Crippen MR) is 102 cm³/mol. The molecule has 1 aliphatic rings. The topological polar surface area (TPSA) is 92.7 Å². The van der Waals surface area contributed by atoms with Gasteiger partial charge in [-0.2, -0.15) is 16.9 Å². The van der Waals surface area contributed by atoms with E-state index in [9.17, 15) is 9.59 Å². The first kappa shape index (κ1) is 16.8. The number of para-hydroxylation sites is 1. The van der Waals surface area contributed by atoms with E-state index in [1.807, 2.05) is 37.0 Å². The smallest absolute Gasteiger partial charge is 0.258 e. The van der Waals surface area contributed by atoms with Gasteiger partial charge in [0.05, 0.1) is 16.6 Å². The lowest BCUT2D eigenvalue weighted by Gasteiger charge is -2.07. The fraction of sp³-hybridized carbons (Fsp3) is 0.333. The maximum absolute atomic E-state index is 12.3. The van der Waals surface area contributed by atoms with Gasteiger partial charge in [0.25, 0.3) is 5.56 Å². The molecule has 0 unspecified atom stereocenters. The Morgan fingerprint density at radius 1 is 1.35 bits per heavy atom. The number of H-pyrrole nitrogens is 1. The minimum absolute atomic E-state index is 0.0455. The molecule has 0 aliphatic carbocycles. The zero-order valence-corrected chi connectivity index (χ0v) is 15.2. The quantitative estimate of drug-likeness (QED) is 0.720. The highest BCUT2D eigenvalue weighted by atomic mass is 32.2. The number of aromatic amines is 1. The van der Waals surface area contributed by atoms with Gasteiger partial charge in [-0.3, -0.25) is 14.3 Å². The molecule has 3 heterocycles. The molecular formula is C18H19N5O2S. The SMILES string of the molecule is Cn1nc2c(c1NC(=O)CCCc1nc3ccccc3c(=O)[nH]1)CSC2. The van der Waals surface area contributed by atoms with Crippen molar-refractivity contribution in [3.8, 4) is 0 Å². The van der Waals surface area contributed by atoms with Gasteiger partial charge >= 0.3 is 0 Å². The largest absolute Gasteiger partial charge is 0.311 e. The van der Waals surface area contributed by atoms with Crippen molar-refractivity contribution in [2.24, 2.45) is 7.05 Å². The van der Waals surface area contributed by atoms with Crippen LogP contribution >= 0.6 is 11.8 Å². The molecule has 26 heavy (non-hydrogen) atoms. The Bertz CT molecular complexity index is 1040. The van der Waals surface area contributed by atoms with Crippen molar-refractivity contribution in [2.75, 3.05) is 5.32 Å². The first-order chi connectivity index (χ1) is 12.6. The summed E-state index contributed by atoms with van der Waals surface area (Å²) in [6.07, 6.45) is 1.53. The van der Waals surface area contributed by atoms with E-state index in [2.05, 4.69) is 20.4 Å². The van der Waals surface area contributed by atoms with E-state index >= 15 is 0 Å². The van der Waals surface area contributed by atoms with E-state index in [0.717, 1.165) is 28.6 Å². The van der Waals surface area contributed by atoms with Gasteiger partial charge in [0.1, 0.15) is 11.6 Å². The van der Waals surface area contributed by atoms with Gasteiger partial charge < -0.3 is 10.3 Å². The third kappa shape index (κ3) is 3.24. The first-order valence-electron chi connectivity index (χ1n) is 8.52. The summed E-state index contributed by atoms with van der Waals surface area (Å²) in [6.45, 7) is 0. The van der Waals surface area contributed by atoms with Gasteiger partial charge in [0.2, 0.25) is 5.91 Å². The highest BCUT2D eigenvalue weighted by Gasteiger charge is 2.22. The number of thioether (sulfide) groups is 1. The molecular weight excluding hydrogens is 350 g/mol. The molecule has 8 heteroatoms. The molecule has 0 spiro atoms. The lowest BCUT2D eigenvalue weighted by Crippen LogP contribution is -2.16. The van der Waals surface area contributed by atoms with E-state index in [-0.39, 0.29) is 11.5 Å². The summed E-state index contributed by atoms with van der Waals surface area (Å²) in [6, 6.07) is 7.25. The summed E-state index contributed by atoms with van der Waals surface area (Å²) in [5, 5.41) is 8.00. The molecule has 0 radical (unpaired) electrons. The number of nitrogens with one attached hydrogen (secondary N) is 2. The van der Waals surface area contributed by atoms with E-state index < -0.39 is 0 Å². The monoisotopic (exact) mass is 369 g/mol. The molecule has 0 fully saturated rings. The van der Waals surface area contributed by atoms with Crippen molar-refractivity contribution < 1.29 is 4.79 Å². The zero-order valence-electron chi connectivity index (χ0n) is 14.4. The van der Waals surface area contributed by atoms with Gasteiger partial charge in [0, 0.05) is 37.0 Å². The fourth-order valence-corrected chi connectivity index (χ4v) is 4.20. The highest BCUT2D eigenvalue weighted by Crippen LogP contribution is 2.34. The van der Waals surface area contributed by atoms with Crippen LogP contribution in [-0.4, -0.2) is 25.7 Å². The van der Waals surface area contributed by atoms with Gasteiger partial charge in [-0.1, -0.05) is 12.1 Å². The molecule has 1 aromatic carbocycles. The molecule has 2 N–H and O–H groups in total. The third-order valence-electron chi connectivity index (χ3n) is 4.45. The maximum atomic E-state index is 12.3. The van der Waals surface area contributed by atoms with Crippen LogP contribution < -0.4 is 10.9 Å². The minimum atomic E-state index is -0.141. The molecule has 3 aromatic rings. The van der Waals surface area contributed by atoms with Gasteiger partial charge in [0.15, 0.2) is 0 Å². The molecule has 0 atom stereocenters. The Labute approximate surface area is 154 Å². The average molecular weight is 369 g/mol. The van der Waals surface area contributed by atoms with E-state index in [0.29, 0.717) is 36.0 Å². The second-order valence-corrected chi connectivity index (χ2v) is 7.31. The number of aromatic nitrogens is 4. The molecule has 7 nitrogen and oxygen atoms in total. The van der Waals surface area contributed by atoms with Crippen LogP contribution in [-0.2, 0) is 29.8 Å². The fourth-order valence-electron chi connectivity index (χ4n) is 3.16. The van der Waals surface area contributed by atoms with Crippen molar-refractivity contribution in [1.29, 1.82) is 0 Å². The Balaban J connectivity index is 1.38. The number of nitrogens with zero attached hydrogens (tertiary/aromatic N) is 3. The number of benzene rings is 1. The summed E-state index contributed by atoms with van der Waals surface area (Å²) in [5.74, 6) is 3.16. The Morgan fingerprint density at radius 3 is 3.08 bits per heavy atom. The van der Waals surface area contributed by atoms with Crippen molar-refractivity contribution in [3.05, 3.63) is 51.7 Å². The Kier molecular flexibility index (Phi) is 4.50. The van der Waals surface area contributed by atoms with Crippen LogP contribution in [0.2, 0.25) is 0 Å². The highest BCUT2D eigenvalue weighted by molar-refractivity contribution is 7.98. The maximum Gasteiger partial charge on any atom is 0.258 e. The molecule has 1 aliphatic heterocycles. The summed E-state index contributed by atoms with van der Waals surface area (Å²) in [4.78, 5) is 31.6. The predicted octanol–water partition coefficient (Wildman–Crippen LogP) is 2.36. The summed E-state index contributed by atoms with van der Waals surface area (Å²) >= 11 is 1.81. The van der Waals surface area contributed by atoms with Crippen molar-refractivity contribution in [3.63, 3.8) is 0 Å². The molecule has 2 aromatic heterocycles. The number of hydrogen-bond acceptors (Lipinski definition) is 5. The van der Waals surface area contributed by atoms with Gasteiger partial charge in [-0.25, -0.2) is 4.98 Å². The van der Waals surface area contributed by atoms with Crippen LogP contribution in [0, 0.1) is 0 Å². The first-order valence-corrected chi connectivity index (χ1v) is 9.67. The van der Waals surface area contributed by atoms with Crippen LogP contribution in [0.4, 0.5) is 5.82 Å². The average Bonchev–Trinajstić information content (AvgIpc) is 3.18. The van der Waals surface area contributed by atoms with Crippen LogP contribution in [0.25, 0.3) is 10.9 Å². The van der Waals surface area contributed by atoms with E-state index in [1.54, 1.807) is 10.7 Å². The molecule has 0 saturated heterocycles. The van der Waals surface area contributed by atoms with Crippen molar-refractivity contribution >= 4 is 34.4 Å². The van der Waals surface area contributed by atoms with Gasteiger partial charge in [-0.05, 0) is 18.6 Å². The standard InChI is InChI=1S/C18H19N5O2S/c1-23-17(12-9-26-10-14(12)22-23)21-16(24)8-4-7-15-19-13-6-3-2-5-11(13)18(25)20-15/h2-3,5-6H,4,7-10H2,1H3,(H,21,24)(H,19,20,25). The summed E-state index contributed by atoms with van der Waals surface area (Å²) < 4.78 is 1.74. The number of amides is 1. The van der Waals surface area contributed by atoms with Crippen molar-refractivity contribution in [1.82, 2.24) is 19.7 Å². The zero-order chi connectivity index (χ0) is 18.1. The number of anilines is 1. The van der Waals surface area contributed by atoms with E-state index in [1.165, 1.54) is 0 Å². The number of rotatable bonds is 5. The second-order valence-electron chi connectivity index (χ2n) is 6.32. The summed E-state index contributed by atoms with van der Waals surface area (Å²) in [5.41, 5.74) is 2.73. The summed E-state index contributed by atoms with van der Waals surface area (Å²) in [7, 11) is 1.85. The number of carbonyl (C=O) groups excluding carboxylic acids is 1. The third-order valence-corrected chi connectivity index (χ3v) is 5.42. The van der Waals surface area contributed by atoms with Crippen LogP contribution in [0.15, 0.2) is 29.1 Å². The molecule has 4 rings (SSSR count).